The van der Waals surface area contributed by atoms with Crippen molar-refractivity contribution in [1.82, 2.24) is 10.3 Å². The Morgan fingerprint density at radius 3 is 2.85 bits per heavy atom. The van der Waals surface area contributed by atoms with Gasteiger partial charge >= 0.3 is 0 Å². The summed E-state index contributed by atoms with van der Waals surface area (Å²) >= 11 is 1.37. The van der Waals surface area contributed by atoms with Crippen molar-refractivity contribution in [3.05, 3.63) is 4.88 Å². The lowest BCUT2D eigenvalue weighted by atomic mass is 9.85. The third-order valence-corrected chi connectivity index (χ3v) is 5.04. The number of thiazole rings is 1. The van der Waals surface area contributed by atoms with E-state index in [2.05, 4.69) is 15.2 Å². The largest absolute Gasteiger partial charge is 0.382 e. The highest BCUT2D eigenvalue weighted by molar-refractivity contribution is 7.18. The lowest BCUT2D eigenvalue weighted by Gasteiger charge is -2.26. The molecule has 2 heterocycles. The summed E-state index contributed by atoms with van der Waals surface area (Å²) in [5.74, 6) is 0.890. The molecule has 1 aromatic heterocycles. The van der Waals surface area contributed by atoms with Crippen LogP contribution in [0.3, 0.4) is 0 Å². The summed E-state index contributed by atoms with van der Waals surface area (Å²) in [5.41, 5.74) is 5.88. The smallest absolute Gasteiger partial charge is 0.265 e. The third kappa shape index (κ3) is 2.88. The number of nitrogen functional groups attached to an aromatic ring is 1. The Morgan fingerprint density at radius 1 is 1.45 bits per heavy atom. The van der Waals surface area contributed by atoms with Crippen molar-refractivity contribution in [2.75, 3.05) is 43.5 Å². The fraction of sp³-hybridized carbons (Fsp3) is 0.692. The fourth-order valence-electron chi connectivity index (χ4n) is 2.39. The van der Waals surface area contributed by atoms with E-state index in [4.69, 9.17) is 10.5 Å². The molecule has 1 saturated carbocycles. The van der Waals surface area contributed by atoms with E-state index in [1.165, 1.54) is 30.6 Å². The average molecular weight is 296 g/mol. The second-order valence-electron chi connectivity index (χ2n) is 5.32. The topological polar surface area (TPSA) is 80.5 Å². The Balaban J connectivity index is 1.63. The molecule has 2 fully saturated rings. The van der Waals surface area contributed by atoms with Gasteiger partial charge in [0.15, 0.2) is 5.13 Å². The van der Waals surface area contributed by atoms with E-state index in [0.717, 1.165) is 24.8 Å². The number of aromatic nitrogens is 1. The standard InChI is InChI=1S/C13H20N4O2S/c14-11-10(12(18)15-8-9-2-1-3-9)20-13(16-11)17-4-6-19-7-5-17/h9H,1-8,14H2,(H,15,18). The minimum atomic E-state index is -0.0913. The minimum absolute atomic E-state index is 0.0913. The lowest BCUT2D eigenvalue weighted by molar-refractivity contribution is 0.0944. The maximum absolute atomic E-state index is 12.1. The highest BCUT2D eigenvalue weighted by atomic mass is 32.1. The summed E-state index contributed by atoms with van der Waals surface area (Å²) < 4.78 is 5.31. The Labute approximate surface area is 122 Å². The van der Waals surface area contributed by atoms with E-state index in [-0.39, 0.29) is 5.91 Å². The Kier molecular flexibility index (Phi) is 4.07. The number of nitrogens with one attached hydrogen (secondary N) is 1. The van der Waals surface area contributed by atoms with Crippen LogP contribution in [-0.4, -0.2) is 43.7 Å². The molecule has 20 heavy (non-hydrogen) atoms. The minimum Gasteiger partial charge on any atom is -0.382 e. The van der Waals surface area contributed by atoms with Crippen molar-refractivity contribution in [3.8, 4) is 0 Å². The van der Waals surface area contributed by atoms with E-state index in [9.17, 15) is 4.79 Å². The van der Waals surface area contributed by atoms with E-state index < -0.39 is 0 Å². The van der Waals surface area contributed by atoms with E-state index in [1.807, 2.05) is 0 Å². The molecule has 0 bridgehead atoms. The zero-order valence-corrected chi connectivity index (χ0v) is 12.2. The molecule has 7 heteroatoms. The molecule has 0 spiro atoms. The van der Waals surface area contributed by atoms with Crippen LogP contribution in [0.2, 0.25) is 0 Å². The van der Waals surface area contributed by atoms with Crippen LogP contribution in [0.15, 0.2) is 0 Å². The highest BCUT2D eigenvalue weighted by Gasteiger charge is 2.23. The lowest BCUT2D eigenvalue weighted by Crippen LogP contribution is -2.36. The van der Waals surface area contributed by atoms with Gasteiger partial charge in [-0.2, -0.15) is 0 Å². The number of amides is 1. The molecule has 3 N–H and O–H groups in total. The normalized spacial score (nSPS) is 19.7. The van der Waals surface area contributed by atoms with Crippen molar-refractivity contribution in [3.63, 3.8) is 0 Å². The molecule has 1 amide bonds. The van der Waals surface area contributed by atoms with Crippen LogP contribution < -0.4 is 16.0 Å². The number of rotatable bonds is 4. The SMILES string of the molecule is Nc1nc(N2CCOCC2)sc1C(=O)NCC1CCC1. The van der Waals surface area contributed by atoms with Crippen molar-refractivity contribution in [1.29, 1.82) is 0 Å². The molecule has 2 aliphatic rings. The van der Waals surface area contributed by atoms with Gasteiger partial charge in [-0.05, 0) is 18.8 Å². The van der Waals surface area contributed by atoms with Gasteiger partial charge in [0.1, 0.15) is 10.7 Å². The fourth-order valence-corrected chi connectivity index (χ4v) is 3.34. The second kappa shape index (κ2) is 5.97. The van der Waals surface area contributed by atoms with Gasteiger partial charge in [0.05, 0.1) is 13.2 Å². The van der Waals surface area contributed by atoms with Crippen LogP contribution in [0.25, 0.3) is 0 Å². The molecular formula is C13H20N4O2S. The molecule has 1 saturated heterocycles. The maximum atomic E-state index is 12.1. The summed E-state index contributed by atoms with van der Waals surface area (Å²) in [7, 11) is 0. The van der Waals surface area contributed by atoms with E-state index in [0.29, 0.717) is 29.8 Å². The number of nitrogens with zero attached hydrogens (tertiary/aromatic N) is 2. The molecule has 1 aliphatic heterocycles. The number of ether oxygens (including phenoxy) is 1. The summed E-state index contributed by atoms with van der Waals surface area (Å²) in [4.78, 5) is 19.1. The molecular weight excluding hydrogens is 276 g/mol. The van der Waals surface area contributed by atoms with Crippen molar-refractivity contribution in [2.45, 2.75) is 19.3 Å². The quantitative estimate of drug-likeness (QED) is 0.869. The van der Waals surface area contributed by atoms with Gasteiger partial charge < -0.3 is 20.7 Å². The predicted octanol–water partition coefficient (Wildman–Crippen LogP) is 1.09. The van der Waals surface area contributed by atoms with Crippen LogP contribution in [0.5, 0.6) is 0 Å². The van der Waals surface area contributed by atoms with Gasteiger partial charge in [-0.3, -0.25) is 4.79 Å². The first kappa shape index (κ1) is 13.6. The van der Waals surface area contributed by atoms with Crippen LogP contribution in [0.1, 0.15) is 28.9 Å². The summed E-state index contributed by atoms with van der Waals surface area (Å²) in [6.45, 7) is 3.75. The molecule has 0 radical (unpaired) electrons. The Hall–Kier alpha value is -1.34. The van der Waals surface area contributed by atoms with Gasteiger partial charge in [0.25, 0.3) is 5.91 Å². The summed E-state index contributed by atoms with van der Waals surface area (Å²) in [6, 6.07) is 0. The first-order valence-corrected chi connectivity index (χ1v) is 7.93. The molecule has 1 aliphatic carbocycles. The number of nitrogens with two attached hydrogens (primary N) is 1. The summed E-state index contributed by atoms with van der Waals surface area (Å²) in [5, 5.41) is 3.79. The third-order valence-electron chi connectivity index (χ3n) is 3.91. The molecule has 3 rings (SSSR count). The molecule has 1 aromatic rings. The number of carbonyl (C=O) groups is 1. The zero-order valence-electron chi connectivity index (χ0n) is 11.4. The van der Waals surface area contributed by atoms with Crippen LogP contribution in [-0.2, 0) is 4.74 Å². The first-order chi connectivity index (χ1) is 9.74. The van der Waals surface area contributed by atoms with Crippen LogP contribution >= 0.6 is 11.3 Å². The average Bonchev–Trinajstić information content (AvgIpc) is 2.80. The number of hydrogen-bond acceptors (Lipinski definition) is 6. The second-order valence-corrected chi connectivity index (χ2v) is 6.29. The summed E-state index contributed by atoms with van der Waals surface area (Å²) in [6.07, 6.45) is 3.72. The Morgan fingerprint density at radius 2 is 2.20 bits per heavy atom. The Bertz CT molecular complexity index is 481. The monoisotopic (exact) mass is 296 g/mol. The van der Waals surface area contributed by atoms with Crippen molar-refractivity contribution < 1.29 is 9.53 Å². The van der Waals surface area contributed by atoms with Crippen LogP contribution in [0, 0.1) is 5.92 Å². The maximum Gasteiger partial charge on any atom is 0.265 e. The zero-order chi connectivity index (χ0) is 13.9. The molecule has 0 aromatic carbocycles. The first-order valence-electron chi connectivity index (χ1n) is 7.11. The molecule has 0 unspecified atom stereocenters. The number of carbonyl (C=O) groups excluding carboxylic acids is 1. The van der Waals surface area contributed by atoms with Gasteiger partial charge in [-0.25, -0.2) is 4.98 Å². The van der Waals surface area contributed by atoms with Crippen LogP contribution in [0.4, 0.5) is 10.9 Å². The van der Waals surface area contributed by atoms with Gasteiger partial charge in [0.2, 0.25) is 0 Å². The molecule has 110 valence electrons. The van der Waals surface area contributed by atoms with Gasteiger partial charge in [0, 0.05) is 19.6 Å². The van der Waals surface area contributed by atoms with Gasteiger partial charge in [-0.1, -0.05) is 17.8 Å². The number of morpholine rings is 1. The van der Waals surface area contributed by atoms with Crippen molar-refractivity contribution >= 4 is 28.2 Å². The molecule has 0 atom stereocenters. The number of hydrogen-bond donors (Lipinski definition) is 2. The predicted molar refractivity (Wildman–Crippen MR) is 79.2 cm³/mol. The van der Waals surface area contributed by atoms with E-state index in [1.54, 1.807) is 0 Å². The molecule has 6 nitrogen and oxygen atoms in total. The van der Waals surface area contributed by atoms with E-state index >= 15 is 0 Å². The van der Waals surface area contributed by atoms with Gasteiger partial charge in [-0.15, -0.1) is 0 Å². The van der Waals surface area contributed by atoms with Crippen molar-refractivity contribution in [2.24, 2.45) is 5.92 Å². The number of anilines is 2. The highest BCUT2D eigenvalue weighted by Crippen LogP contribution is 2.29.